The molecule has 0 aromatic rings. The SMILES string of the molecule is CC1CN(CC2CCOCC2)CCC1=NO. The third-order valence-electron chi connectivity index (χ3n) is 3.77. The number of piperidine rings is 1. The lowest BCUT2D eigenvalue weighted by Crippen LogP contribution is -2.42. The van der Waals surface area contributed by atoms with Crippen LogP contribution in [0.3, 0.4) is 0 Å². The molecule has 4 nitrogen and oxygen atoms in total. The Morgan fingerprint density at radius 3 is 2.81 bits per heavy atom. The van der Waals surface area contributed by atoms with Crippen LogP contribution in [0.5, 0.6) is 0 Å². The molecular formula is C12H22N2O2. The van der Waals surface area contributed by atoms with Crippen LogP contribution in [-0.4, -0.2) is 48.7 Å². The Morgan fingerprint density at radius 1 is 1.44 bits per heavy atom. The van der Waals surface area contributed by atoms with Crippen molar-refractivity contribution in [2.75, 3.05) is 32.8 Å². The van der Waals surface area contributed by atoms with Crippen LogP contribution in [0.2, 0.25) is 0 Å². The van der Waals surface area contributed by atoms with Crippen LogP contribution in [0.4, 0.5) is 0 Å². The second kappa shape index (κ2) is 5.64. The summed E-state index contributed by atoms with van der Waals surface area (Å²) < 4.78 is 5.37. The second-order valence-electron chi connectivity index (χ2n) is 5.06. The number of hydrogen-bond acceptors (Lipinski definition) is 4. The van der Waals surface area contributed by atoms with Gasteiger partial charge in [0.1, 0.15) is 0 Å². The zero-order chi connectivity index (χ0) is 11.4. The lowest BCUT2D eigenvalue weighted by Gasteiger charge is -2.35. The minimum atomic E-state index is 0.401. The standard InChI is InChI=1S/C12H22N2O2/c1-10-8-14(5-2-12(10)13-15)9-11-3-6-16-7-4-11/h10-11,15H,2-9H2,1H3. The summed E-state index contributed by atoms with van der Waals surface area (Å²) in [5, 5.41) is 12.2. The van der Waals surface area contributed by atoms with Gasteiger partial charge < -0.3 is 14.8 Å². The molecule has 0 aromatic carbocycles. The molecule has 0 amide bonds. The van der Waals surface area contributed by atoms with Crippen molar-refractivity contribution in [1.29, 1.82) is 0 Å². The first-order valence-electron chi connectivity index (χ1n) is 6.30. The van der Waals surface area contributed by atoms with Crippen molar-refractivity contribution in [2.24, 2.45) is 17.0 Å². The lowest BCUT2D eigenvalue weighted by molar-refractivity contribution is 0.0507. The van der Waals surface area contributed by atoms with E-state index in [0.29, 0.717) is 5.92 Å². The zero-order valence-corrected chi connectivity index (χ0v) is 10.1. The third kappa shape index (κ3) is 2.95. The molecule has 16 heavy (non-hydrogen) atoms. The van der Waals surface area contributed by atoms with Crippen LogP contribution in [0, 0.1) is 11.8 Å². The first-order valence-corrected chi connectivity index (χ1v) is 6.30. The van der Waals surface area contributed by atoms with Gasteiger partial charge in [-0.15, -0.1) is 0 Å². The van der Waals surface area contributed by atoms with Gasteiger partial charge in [-0.3, -0.25) is 0 Å². The fourth-order valence-corrected chi connectivity index (χ4v) is 2.71. The van der Waals surface area contributed by atoms with Gasteiger partial charge in [-0.2, -0.15) is 0 Å². The van der Waals surface area contributed by atoms with E-state index in [4.69, 9.17) is 9.94 Å². The number of likely N-dealkylation sites (tertiary alicyclic amines) is 1. The Hall–Kier alpha value is -0.610. The van der Waals surface area contributed by atoms with Crippen LogP contribution in [0.25, 0.3) is 0 Å². The lowest BCUT2D eigenvalue weighted by atomic mass is 9.94. The molecule has 0 saturated carbocycles. The predicted molar refractivity (Wildman–Crippen MR) is 63.0 cm³/mol. The molecule has 0 spiro atoms. The first-order chi connectivity index (χ1) is 7.79. The van der Waals surface area contributed by atoms with Crippen molar-refractivity contribution in [3.63, 3.8) is 0 Å². The zero-order valence-electron chi connectivity index (χ0n) is 10.1. The highest BCUT2D eigenvalue weighted by molar-refractivity contribution is 5.86. The van der Waals surface area contributed by atoms with Gasteiger partial charge in [0.2, 0.25) is 0 Å². The Morgan fingerprint density at radius 2 is 2.19 bits per heavy atom. The quantitative estimate of drug-likeness (QED) is 0.574. The molecule has 2 aliphatic heterocycles. The third-order valence-corrected chi connectivity index (χ3v) is 3.77. The minimum absolute atomic E-state index is 0.401. The largest absolute Gasteiger partial charge is 0.411 e. The molecule has 1 atom stereocenters. The first kappa shape index (κ1) is 11.9. The van der Waals surface area contributed by atoms with Crippen molar-refractivity contribution in [3.05, 3.63) is 0 Å². The summed E-state index contributed by atoms with van der Waals surface area (Å²) in [6.07, 6.45) is 3.32. The number of ether oxygens (including phenoxy) is 1. The molecule has 0 radical (unpaired) electrons. The number of rotatable bonds is 2. The average Bonchev–Trinajstić information content (AvgIpc) is 2.31. The summed E-state index contributed by atoms with van der Waals surface area (Å²) in [7, 11) is 0. The maximum atomic E-state index is 8.82. The molecule has 2 fully saturated rings. The molecule has 0 aliphatic carbocycles. The maximum absolute atomic E-state index is 8.82. The van der Waals surface area contributed by atoms with E-state index in [1.807, 2.05) is 0 Å². The molecule has 2 aliphatic rings. The van der Waals surface area contributed by atoms with E-state index < -0.39 is 0 Å². The molecule has 0 bridgehead atoms. The number of hydrogen-bond donors (Lipinski definition) is 1. The topological polar surface area (TPSA) is 45.1 Å². The van der Waals surface area contributed by atoms with Crippen LogP contribution >= 0.6 is 0 Å². The number of oxime groups is 1. The van der Waals surface area contributed by atoms with E-state index >= 15 is 0 Å². The molecule has 4 heteroatoms. The van der Waals surface area contributed by atoms with Crippen molar-refractivity contribution in [3.8, 4) is 0 Å². The summed E-state index contributed by atoms with van der Waals surface area (Å²) in [6, 6.07) is 0. The predicted octanol–water partition coefficient (Wildman–Crippen LogP) is 1.58. The highest BCUT2D eigenvalue weighted by Gasteiger charge is 2.25. The molecule has 2 rings (SSSR count). The van der Waals surface area contributed by atoms with Gasteiger partial charge in [0.15, 0.2) is 0 Å². The molecule has 0 aromatic heterocycles. The van der Waals surface area contributed by atoms with Gasteiger partial charge >= 0.3 is 0 Å². The van der Waals surface area contributed by atoms with Gasteiger partial charge in [0.05, 0.1) is 5.71 Å². The van der Waals surface area contributed by atoms with Crippen molar-refractivity contribution in [2.45, 2.75) is 26.2 Å². The fraction of sp³-hybridized carbons (Fsp3) is 0.917. The van der Waals surface area contributed by atoms with E-state index in [9.17, 15) is 0 Å². The van der Waals surface area contributed by atoms with Crippen molar-refractivity contribution < 1.29 is 9.94 Å². The molecular weight excluding hydrogens is 204 g/mol. The Balaban J connectivity index is 1.78. The van der Waals surface area contributed by atoms with E-state index in [-0.39, 0.29) is 0 Å². The Bertz CT molecular complexity index is 249. The highest BCUT2D eigenvalue weighted by atomic mass is 16.5. The molecule has 2 heterocycles. The highest BCUT2D eigenvalue weighted by Crippen LogP contribution is 2.20. The average molecular weight is 226 g/mol. The molecule has 1 unspecified atom stereocenters. The summed E-state index contributed by atoms with van der Waals surface area (Å²) >= 11 is 0. The monoisotopic (exact) mass is 226 g/mol. The maximum Gasteiger partial charge on any atom is 0.0624 e. The van der Waals surface area contributed by atoms with Gasteiger partial charge in [-0.1, -0.05) is 12.1 Å². The van der Waals surface area contributed by atoms with Crippen molar-refractivity contribution >= 4 is 5.71 Å². The van der Waals surface area contributed by atoms with Gasteiger partial charge in [0.25, 0.3) is 0 Å². The van der Waals surface area contributed by atoms with E-state index in [1.165, 1.54) is 19.4 Å². The summed E-state index contributed by atoms with van der Waals surface area (Å²) in [4.78, 5) is 2.51. The molecule has 92 valence electrons. The van der Waals surface area contributed by atoms with Gasteiger partial charge in [0, 0.05) is 45.2 Å². The smallest absolute Gasteiger partial charge is 0.0624 e. The molecule has 2 saturated heterocycles. The summed E-state index contributed by atoms with van der Waals surface area (Å²) in [5.74, 6) is 1.20. The van der Waals surface area contributed by atoms with Gasteiger partial charge in [-0.25, -0.2) is 0 Å². The fourth-order valence-electron chi connectivity index (χ4n) is 2.71. The second-order valence-corrected chi connectivity index (χ2v) is 5.06. The van der Waals surface area contributed by atoms with Crippen LogP contribution < -0.4 is 0 Å². The van der Waals surface area contributed by atoms with E-state index in [1.54, 1.807) is 0 Å². The van der Waals surface area contributed by atoms with E-state index in [2.05, 4.69) is 17.0 Å². The van der Waals surface area contributed by atoms with Crippen LogP contribution in [-0.2, 0) is 4.74 Å². The van der Waals surface area contributed by atoms with E-state index in [0.717, 1.165) is 44.4 Å². The molecule has 1 N–H and O–H groups in total. The summed E-state index contributed by atoms with van der Waals surface area (Å²) in [6.45, 7) is 7.27. The normalized spacial score (nSPS) is 32.1. The number of nitrogens with zero attached hydrogens (tertiary/aromatic N) is 2. The van der Waals surface area contributed by atoms with Crippen LogP contribution in [0.1, 0.15) is 26.2 Å². The van der Waals surface area contributed by atoms with Gasteiger partial charge in [-0.05, 0) is 18.8 Å². The van der Waals surface area contributed by atoms with Crippen LogP contribution in [0.15, 0.2) is 5.16 Å². The minimum Gasteiger partial charge on any atom is -0.411 e. The Labute approximate surface area is 97.3 Å². The van der Waals surface area contributed by atoms with Crippen molar-refractivity contribution in [1.82, 2.24) is 4.90 Å². The summed E-state index contributed by atoms with van der Waals surface area (Å²) in [5.41, 5.74) is 0.961. The Kier molecular flexibility index (Phi) is 4.18.